The Labute approximate surface area is 168 Å². The van der Waals surface area contributed by atoms with Gasteiger partial charge in [-0.25, -0.2) is 0 Å². The fourth-order valence-corrected chi connectivity index (χ4v) is 4.51. The van der Waals surface area contributed by atoms with Crippen LogP contribution in [0.1, 0.15) is 35.8 Å². The molecule has 0 bridgehead atoms. The maximum Gasteiger partial charge on any atom is 0.205 e. The monoisotopic (exact) mass is 381 g/mol. The molecule has 5 rings (SSSR count). The quantitative estimate of drug-likeness (QED) is 0.689. The molecule has 2 atom stereocenters. The van der Waals surface area contributed by atoms with Crippen molar-refractivity contribution in [3.8, 4) is 6.07 Å². The van der Waals surface area contributed by atoms with Crippen molar-refractivity contribution < 1.29 is 9.53 Å². The molecule has 0 radical (unpaired) electrons. The van der Waals surface area contributed by atoms with Crippen molar-refractivity contribution in [1.82, 2.24) is 4.98 Å². The Morgan fingerprint density at radius 2 is 1.83 bits per heavy atom. The number of benzene rings is 2. The van der Waals surface area contributed by atoms with E-state index in [1.165, 1.54) is 0 Å². The molecule has 1 aromatic heterocycles. The first-order valence-electron chi connectivity index (χ1n) is 9.62. The highest BCUT2D eigenvalue weighted by molar-refractivity contribution is 6.01. The van der Waals surface area contributed by atoms with E-state index in [2.05, 4.69) is 11.1 Å². The highest BCUT2D eigenvalue weighted by Gasteiger charge is 2.41. The second kappa shape index (κ2) is 6.68. The molecule has 0 spiro atoms. The third-order valence-electron chi connectivity index (χ3n) is 5.86. The van der Waals surface area contributed by atoms with Gasteiger partial charge in [-0.1, -0.05) is 48.5 Å². The summed E-state index contributed by atoms with van der Waals surface area (Å²) >= 11 is 0. The van der Waals surface area contributed by atoms with Crippen LogP contribution in [0.15, 0.2) is 83.6 Å². The molecule has 0 saturated heterocycles. The number of nitriles is 1. The van der Waals surface area contributed by atoms with E-state index in [0.29, 0.717) is 29.7 Å². The molecular weight excluding hydrogens is 362 g/mol. The highest BCUT2D eigenvalue weighted by atomic mass is 16.5. The Bertz CT molecular complexity index is 1230. The molecule has 0 unspecified atom stereocenters. The van der Waals surface area contributed by atoms with E-state index in [1.54, 1.807) is 0 Å². The minimum absolute atomic E-state index is 0.00985. The summed E-state index contributed by atoms with van der Waals surface area (Å²) in [5, 5.41) is 10.8. The molecule has 2 heterocycles. The topological polar surface area (TPSA) is 91.9 Å². The predicted octanol–water partition coefficient (Wildman–Crippen LogP) is 4.38. The number of ether oxygens (including phenoxy) is 1. The van der Waals surface area contributed by atoms with E-state index < -0.39 is 5.92 Å². The minimum Gasteiger partial charge on any atom is -0.444 e. The van der Waals surface area contributed by atoms with Gasteiger partial charge in [0.2, 0.25) is 5.88 Å². The van der Waals surface area contributed by atoms with Crippen molar-refractivity contribution in [3.63, 3.8) is 0 Å². The first-order chi connectivity index (χ1) is 14.2. The zero-order chi connectivity index (χ0) is 20.0. The number of nitrogens with one attached hydrogen (secondary N) is 1. The first kappa shape index (κ1) is 17.3. The lowest BCUT2D eigenvalue weighted by molar-refractivity contribution is -0.117. The van der Waals surface area contributed by atoms with Crippen LogP contribution in [0.25, 0.3) is 10.9 Å². The van der Waals surface area contributed by atoms with E-state index in [4.69, 9.17) is 10.5 Å². The van der Waals surface area contributed by atoms with Crippen molar-refractivity contribution in [1.29, 1.82) is 5.26 Å². The number of hydrogen-bond acceptors (Lipinski definition) is 4. The van der Waals surface area contributed by atoms with Gasteiger partial charge in [-0.2, -0.15) is 5.26 Å². The van der Waals surface area contributed by atoms with Crippen LogP contribution in [-0.2, 0) is 9.53 Å². The van der Waals surface area contributed by atoms with Crippen molar-refractivity contribution >= 4 is 16.7 Å². The number of fused-ring (bicyclic) bond motifs is 1. The second-order valence-electron chi connectivity index (χ2n) is 7.49. The Balaban J connectivity index is 1.65. The van der Waals surface area contributed by atoms with Gasteiger partial charge in [-0.05, 0) is 23.1 Å². The van der Waals surface area contributed by atoms with Crippen LogP contribution < -0.4 is 5.73 Å². The van der Waals surface area contributed by atoms with E-state index in [9.17, 15) is 10.1 Å². The Morgan fingerprint density at radius 3 is 2.62 bits per heavy atom. The molecule has 5 heteroatoms. The largest absolute Gasteiger partial charge is 0.444 e. The van der Waals surface area contributed by atoms with Crippen molar-refractivity contribution in [2.24, 2.45) is 5.73 Å². The average molecular weight is 381 g/mol. The summed E-state index contributed by atoms with van der Waals surface area (Å²) in [5.41, 5.74) is 9.94. The summed E-state index contributed by atoms with van der Waals surface area (Å²) in [6.07, 6.45) is 2.85. The van der Waals surface area contributed by atoms with Gasteiger partial charge < -0.3 is 15.5 Å². The Kier molecular flexibility index (Phi) is 3.99. The number of ketones is 1. The summed E-state index contributed by atoms with van der Waals surface area (Å²) < 4.78 is 5.84. The van der Waals surface area contributed by atoms with Crippen LogP contribution in [-0.4, -0.2) is 10.8 Å². The molecule has 5 nitrogen and oxygen atoms in total. The molecular formula is C24H19N3O2. The molecule has 3 N–H and O–H groups in total. The molecule has 1 aliphatic carbocycles. The maximum atomic E-state index is 13.3. The second-order valence-corrected chi connectivity index (χ2v) is 7.49. The van der Waals surface area contributed by atoms with E-state index >= 15 is 0 Å². The number of aromatic nitrogens is 1. The smallest absolute Gasteiger partial charge is 0.205 e. The summed E-state index contributed by atoms with van der Waals surface area (Å²) in [7, 11) is 0. The standard InChI is InChI=1S/C24H19N3O2/c25-12-17-22(18-13-27-19-9-5-4-8-16(18)19)23-20(28)10-15(11-21(23)29-24(17)26)14-6-2-1-3-7-14/h1-9,13,15,22,27H,10-11,26H2/t15-,22-/m0/s1. The van der Waals surface area contributed by atoms with Crippen LogP contribution in [0.5, 0.6) is 0 Å². The third-order valence-corrected chi connectivity index (χ3v) is 5.86. The average Bonchev–Trinajstić information content (AvgIpc) is 3.17. The molecule has 0 amide bonds. The highest BCUT2D eigenvalue weighted by Crippen LogP contribution is 2.47. The number of carbonyl (C=O) groups excluding carboxylic acids is 1. The van der Waals surface area contributed by atoms with Gasteiger partial charge in [-0.15, -0.1) is 0 Å². The lowest BCUT2D eigenvalue weighted by atomic mass is 9.73. The molecule has 2 aliphatic rings. The van der Waals surface area contributed by atoms with E-state index in [1.807, 2.05) is 60.8 Å². The van der Waals surface area contributed by atoms with Crippen molar-refractivity contribution in [2.75, 3.05) is 0 Å². The van der Waals surface area contributed by atoms with Crippen LogP contribution in [0.3, 0.4) is 0 Å². The number of H-pyrrole nitrogens is 1. The normalized spacial score (nSPS) is 21.7. The predicted molar refractivity (Wildman–Crippen MR) is 109 cm³/mol. The number of hydrogen-bond donors (Lipinski definition) is 2. The minimum atomic E-state index is -0.510. The van der Waals surface area contributed by atoms with Gasteiger partial charge in [0.25, 0.3) is 0 Å². The van der Waals surface area contributed by atoms with Crippen LogP contribution >= 0.6 is 0 Å². The summed E-state index contributed by atoms with van der Waals surface area (Å²) in [4.78, 5) is 16.5. The molecule has 29 heavy (non-hydrogen) atoms. The number of Topliss-reactive ketones (excluding diaryl/α,β-unsaturated/α-hetero) is 1. The molecule has 0 fully saturated rings. The number of rotatable bonds is 2. The SMILES string of the molecule is N#CC1=C(N)OC2=C(C(=O)C[C@H](c3ccccc3)C2)[C@@H]1c1c[nH]c2ccccc12. The lowest BCUT2D eigenvalue weighted by Gasteiger charge is -2.33. The molecule has 3 aromatic rings. The molecule has 0 saturated carbocycles. The van der Waals surface area contributed by atoms with Gasteiger partial charge in [0.1, 0.15) is 17.4 Å². The number of carbonyl (C=O) groups is 1. The lowest BCUT2D eigenvalue weighted by Crippen LogP contribution is -2.29. The van der Waals surface area contributed by atoms with E-state index in [-0.39, 0.29) is 17.6 Å². The van der Waals surface area contributed by atoms with Gasteiger partial charge in [0.15, 0.2) is 5.78 Å². The fourth-order valence-electron chi connectivity index (χ4n) is 4.51. The molecule has 142 valence electrons. The Morgan fingerprint density at radius 1 is 1.07 bits per heavy atom. The zero-order valence-corrected chi connectivity index (χ0v) is 15.7. The summed E-state index contributed by atoms with van der Waals surface area (Å²) in [6.45, 7) is 0. The number of para-hydroxylation sites is 1. The Hall–Kier alpha value is -3.78. The zero-order valence-electron chi connectivity index (χ0n) is 15.7. The van der Waals surface area contributed by atoms with Crippen molar-refractivity contribution in [2.45, 2.75) is 24.7 Å². The van der Waals surface area contributed by atoms with Crippen LogP contribution in [0, 0.1) is 11.3 Å². The first-order valence-corrected chi connectivity index (χ1v) is 9.62. The maximum absolute atomic E-state index is 13.3. The fraction of sp³-hybridized carbons (Fsp3) is 0.167. The molecule has 1 aliphatic heterocycles. The molecule has 2 aromatic carbocycles. The number of allylic oxidation sites excluding steroid dienone is 3. The van der Waals surface area contributed by atoms with Crippen molar-refractivity contribution in [3.05, 3.63) is 94.7 Å². The van der Waals surface area contributed by atoms with E-state index in [0.717, 1.165) is 22.0 Å². The number of nitrogens with zero attached hydrogens (tertiary/aromatic N) is 1. The van der Waals surface area contributed by atoms with Crippen LogP contribution in [0.4, 0.5) is 0 Å². The third kappa shape index (κ3) is 2.73. The van der Waals surface area contributed by atoms with Gasteiger partial charge in [0.05, 0.1) is 5.92 Å². The van der Waals surface area contributed by atoms with Gasteiger partial charge in [-0.3, -0.25) is 4.79 Å². The number of nitrogens with two attached hydrogens (primary N) is 1. The summed E-state index contributed by atoms with van der Waals surface area (Å²) in [5.74, 6) is 0.215. The van der Waals surface area contributed by atoms with Gasteiger partial charge in [0, 0.05) is 35.5 Å². The van der Waals surface area contributed by atoms with Gasteiger partial charge >= 0.3 is 0 Å². The summed E-state index contributed by atoms with van der Waals surface area (Å²) in [6, 6.07) is 20.0. The number of aromatic amines is 1. The van der Waals surface area contributed by atoms with Crippen LogP contribution in [0.2, 0.25) is 0 Å².